The first-order valence-corrected chi connectivity index (χ1v) is 7.48. The van der Waals surface area contributed by atoms with Crippen molar-refractivity contribution in [2.45, 2.75) is 32.4 Å². The molecule has 4 heteroatoms. The van der Waals surface area contributed by atoms with Gasteiger partial charge in [-0.3, -0.25) is 4.79 Å². The number of hydrogen-bond donors (Lipinski definition) is 0. The molecule has 17 heavy (non-hydrogen) atoms. The van der Waals surface area contributed by atoms with Crippen LogP contribution in [0.2, 0.25) is 0 Å². The average molecular weight is 254 g/mol. The molecule has 0 saturated carbocycles. The Hall–Kier alpha value is -1.16. The molecule has 0 N–H and O–H groups in total. The summed E-state index contributed by atoms with van der Waals surface area (Å²) in [5.41, 5.74) is 1.60. The van der Waals surface area contributed by atoms with Gasteiger partial charge in [0.05, 0.1) is 0 Å². The van der Waals surface area contributed by atoms with Crippen LogP contribution in [0.25, 0.3) is 0 Å². The van der Waals surface area contributed by atoms with Crippen LogP contribution in [0.1, 0.15) is 36.7 Å². The number of carbonyl (C=O) groups excluding carboxylic acids is 1. The first-order valence-electron chi connectivity index (χ1n) is 5.77. The van der Waals surface area contributed by atoms with Crippen molar-refractivity contribution in [2.75, 3.05) is 5.75 Å². The van der Waals surface area contributed by atoms with Crippen LogP contribution in [0, 0.1) is 0 Å². The Bertz CT molecular complexity index is 486. The monoisotopic (exact) mass is 254 g/mol. The van der Waals surface area contributed by atoms with Crippen LogP contribution in [0.5, 0.6) is 0 Å². The lowest BCUT2D eigenvalue weighted by molar-refractivity contribution is 0.0991. The van der Waals surface area contributed by atoms with Crippen LogP contribution in [-0.2, 0) is 16.3 Å². The average Bonchev–Trinajstić information content (AvgIpc) is 2.37. The van der Waals surface area contributed by atoms with Gasteiger partial charge in [0.25, 0.3) is 0 Å². The zero-order valence-corrected chi connectivity index (χ0v) is 11.3. The number of carbonyl (C=O) groups is 1. The van der Waals surface area contributed by atoms with Crippen molar-refractivity contribution in [1.29, 1.82) is 0 Å². The lowest BCUT2D eigenvalue weighted by Crippen LogP contribution is -2.28. The smallest absolute Gasteiger partial charge is 0.180 e. The zero-order valence-electron chi connectivity index (χ0n) is 10.4. The maximum Gasteiger partial charge on any atom is 0.180 e. The fourth-order valence-corrected chi connectivity index (χ4v) is 2.51. The van der Waals surface area contributed by atoms with Crippen LogP contribution in [0.15, 0.2) is 24.3 Å². The van der Waals surface area contributed by atoms with Gasteiger partial charge in [0.2, 0.25) is 0 Å². The highest BCUT2D eigenvalue weighted by Gasteiger charge is 2.26. The highest BCUT2D eigenvalue weighted by atomic mass is 32.2. The molecular formula is C13H18O3S. The van der Waals surface area contributed by atoms with Crippen molar-refractivity contribution in [3.63, 3.8) is 0 Å². The Morgan fingerprint density at radius 2 is 1.71 bits per heavy atom. The first kappa shape index (κ1) is 13.9. The molecule has 0 saturated heterocycles. The number of aryl methyl sites for hydroxylation is 1. The summed E-state index contributed by atoms with van der Waals surface area (Å²) in [6, 6.07) is 7.11. The number of sulfone groups is 1. The third-order valence-corrected chi connectivity index (χ3v) is 5.05. The highest BCUT2D eigenvalue weighted by Crippen LogP contribution is 2.12. The molecule has 0 amide bonds. The van der Waals surface area contributed by atoms with Gasteiger partial charge in [0, 0.05) is 11.3 Å². The molecule has 94 valence electrons. The summed E-state index contributed by atoms with van der Waals surface area (Å²) in [7, 11) is -3.31. The molecule has 1 atom stereocenters. The van der Waals surface area contributed by atoms with Crippen LogP contribution in [0.4, 0.5) is 0 Å². The summed E-state index contributed by atoms with van der Waals surface area (Å²) in [4.78, 5) is 12.0. The van der Waals surface area contributed by atoms with Gasteiger partial charge in [-0.2, -0.15) is 0 Å². The van der Waals surface area contributed by atoms with Gasteiger partial charge in [-0.1, -0.05) is 38.1 Å². The lowest BCUT2D eigenvalue weighted by atomic mass is 10.1. The van der Waals surface area contributed by atoms with Crippen LogP contribution in [0.3, 0.4) is 0 Å². The van der Waals surface area contributed by atoms with Gasteiger partial charge in [-0.05, 0) is 18.9 Å². The molecule has 0 aromatic heterocycles. The van der Waals surface area contributed by atoms with E-state index >= 15 is 0 Å². The van der Waals surface area contributed by atoms with Crippen LogP contribution >= 0.6 is 0 Å². The van der Waals surface area contributed by atoms with E-state index < -0.39 is 15.1 Å². The zero-order chi connectivity index (χ0) is 13.1. The molecule has 1 aromatic carbocycles. The van der Waals surface area contributed by atoms with Crippen molar-refractivity contribution in [2.24, 2.45) is 0 Å². The molecule has 3 nitrogen and oxygen atoms in total. The molecule has 0 heterocycles. The van der Waals surface area contributed by atoms with E-state index in [0.717, 1.165) is 12.0 Å². The maximum absolute atomic E-state index is 12.0. The number of hydrogen-bond acceptors (Lipinski definition) is 3. The van der Waals surface area contributed by atoms with Gasteiger partial charge in [0.1, 0.15) is 5.25 Å². The number of benzene rings is 1. The number of Topliss-reactive ketones (excluding diaryl/α,β-unsaturated/α-hetero) is 1. The van der Waals surface area contributed by atoms with Gasteiger partial charge in [-0.15, -0.1) is 0 Å². The topological polar surface area (TPSA) is 51.2 Å². The van der Waals surface area contributed by atoms with E-state index in [-0.39, 0.29) is 11.5 Å². The molecule has 1 rings (SSSR count). The molecule has 0 spiro atoms. The van der Waals surface area contributed by atoms with Crippen LogP contribution < -0.4 is 0 Å². The largest absolute Gasteiger partial charge is 0.293 e. The molecule has 0 aliphatic carbocycles. The Labute approximate surface area is 103 Å². The van der Waals surface area contributed by atoms with Gasteiger partial charge < -0.3 is 0 Å². The minimum atomic E-state index is -3.31. The minimum Gasteiger partial charge on any atom is -0.293 e. The fourth-order valence-electron chi connectivity index (χ4n) is 1.55. The van der Waals surface area contributed by atoms with E-state index in [2.05, 4.69) is 0 Å². The van der Waals surface area contributed by atoms with Crippen molar-refractivity contribution >= 4 is 15.6 Å². The van der Waals surface area contributed by atoms with Gasteiger partial charge in [-0.25, -0.2) is 8.42 Å². The summed E-state index contributed by atoms with van der Waals surface area (Å²) in [5.74, 6) is -0.332. The maximum atomic E-state index is 12.0. The third kappa shape index (κ3) is 3.16. The van der Waals surface area contributed by atoms with Crippen molar-refractivity contribution in [3.05, 3.63) is 35.4 Å². The number of rotatable bonds is 5. The standard InChI is InChI=1S/C13H18O3S/c1-4-11-6-8-12(9-7-11)13(14)10(3)17(15,16)5-2/h6-10H,4-5H2,1-3H3. The molecular weight excluding hydrogens is 236 g/mol. The Morgan fingerprint density at radius 3 is 2.12 bits per heavy atom. The molecule has 0 radical (unpaired) electrons. The molecule has 0 aliphatic rings. The summed E-state index contributed by atoms with van der Waals surface area (Å²) in [6.45, 7) is 5.04. The van der Waals surface area contributed by atoms with Gasteiger partial charge >= 0.3 is 0 Å². The van der Waals surface area contributed by atoms with E-state index in [1.165, 1.54) is 6.92 Å². The van der Waals surface area contributed by atoms with Crippen LogP contribution in [-0.4, -0.2) is 25.2 Å². The second-order valence-electron chi connectivity index (χ2n) is 4.01. The number of ketones is 1. The minimum absolute atomic E-state index is 0.00699. The highest BCUT2D eigenvalue weighted by molar-refractivity contribution is 7.92. The van der Waals surface area contributed by atoms with E-state index in [9.17, 15) is 13.2 Å². The van der Waals surface area contributed by atoms with E-state index in [0.29, 0.717) is 5.56 Å². The van der Waals surface area contributed by atoms with E-state index in [1.54, 1.807) is 19.1 Å². The Morgan fingerprint density at radius 1 is 1.18 bits per heavy atom. The normalized spacial score (nSPS) is 13.4. The summed E-state index contributed by atoms with van der Waals surface area (Å²) in [5, 5.41) is -0.958. The molecule has 0 aliphatic heterocycles. The predicted octanol–water partition coefficient (Wildman–Crippen LogP) is 2.25. The van der Waals surface area contributed by atoms with E-state index in [4.69, 9.17) is 0 Å². The second kappa shape index (κ2) is 5.45. The lowest BCUT2D eigenvalue weighted by Gasteiger charge is -2.10. The molecule has 0 fully saturated rings. The molecule has 1 unspecified atom stereocenters. The quantitative estimate of drug-likeness (QED) is 0.757. The van der Waals surface area contributed by atoms with E-state index in [1.807, 2.05) is 19.1 Å². The third-order valence-electron chi connectivity index (χ3n) is 2.96. The predicted molar refractivity (Wildman–Crippen MR) is 69.1 cm³/mol. The summed E-state index contributed by atoms with van der Waals surface area (Å²) in [6.07, 6.45) is 0.900. The Balaban J connectivity index is 2.97. The SMILES string of the molecule is CCc1ccc(C(=O)C(C)S(=O)(=O)CC)cc1. The summed E-state index contributed by atoms with van der Waals surface area (Å²) >= 11 is 0. The fraction of sp³-hybridized carbons (Fsp3) is 0.462. The van der Waals surface area contributed by atoms with Crippen molar-refractivity contribution in [1.82, 2.24) is 0 Å². The molecule has 0 bridgehead atoms. The van der Waals surface area contributed by atoms with Crippen molar-refractivity contribution in [3.8, 4) is 0 Å². The Kier molecular flexibility index (Phi) is 4.46. The molecule has 1 aromatic rings. The van der Waals surface area contributed by atoms with Crippen molar-refractivity contribution < 1.29 is 13.2 Å². The summed E-state index contributed by atoms with van der Waals surface area (Å²) < 4.78 is 23.2. The second-order valence-corrected chi connectivity index (χ2v) is 6.62. The van der Waals surface area contributed by atoms with Gasteiger partial charge in [0.15, 0.2) is 15.6 Å². The first-order chi connectivity index (χ1) is 7.92.